The van der Waals surface area contributed by atoms with Crippen molar-refractivity contribution in [3.8, 4) is 5.75 Å². The SMILES string of the molecule is CC(C)(C)c1ccccc1OCC1CC(c2cccc(N)c2)NN1. The van der Waals surface area contributed by atoms with Gasteiger partial charge in [0.05, 0.1) is 6.04 Å². The van der Waals surface area contributed by atoms with Gasteiger partial charge in [0.2, 0.25) is 0 Å². The van der Waals surface area contributed by atoms with E-state index in [1.807, 2.05) is 24.3 Å². The summed E-state index contributed by atoms with van der Waals surface area (Å²) < 4.78 is 6.13. The fourth-order valence-electron chi connectivity index (χ4n) is 3.13. The number of nitrogens with two attached hydrogens (primary N) is 1. The summed E-state index contributed by atoms with van der Waals surface area (Å²) in [4.78, 5) is 0. The lowest BCUT2D eigenvalue weighted by atomic mass is 9.86. The van der Waals surface area contributed by atoms with Gasteiger partial charge in [-0.05, 0) is 41.2 Å². The van der Waals surface area contributed by atoms with Crippen molar-refractivity contribution in [2.45, 2.75) is 44.7 Å². The Kier molecular flexibility index (Phi) is 4.78. The van der Waals surface area contributed by atoms with Crippen LogP contribution >= 0.6 is 0 Å². The fourth-order valence-corrected chi connectivity index (χ4v) is 3.13. The number of rotatable bonds is 4. The van der Waals surface area contributed by atoms with Gasteiger partial charge in [-0.15, -0.1) is 0 Å². The molecular formula is C20H27N3O. The molecule has 0 spiro atoms. The van der Waals surface area contributed by atoms with Crippen molar-refractivity contribution < 1.29 is 4.74 Å². The molecule has 1 aliphatic rings. The Morgan fingerprint density at radius 2 is 1.88 bits per heavy atom. The molecule has 0 aliphatic carbocycles. The lowest BCUT2D eigenvalue weighted by Gasteiger charge is -2.23. The summed E-state index contributed by atoms with van der Waals surface area (Å²) in [6.07, 6.45) is 0.973. The number of hydrogen-bond donors (Lipinski definition) is 3. The normalized spacial score (nSPS) is 21.0. The van der Waals surface area contributed by atoms with Gasteiger partial charge in [-0.1, -0.05) is 51.1 Å². The second kappa shape index (κ2) is 6.83. The minimum Gasteiger partial charge on any atom is -0.492 e. The van der Waals surface area contributed by atoms with Crippen LogP contribution in [0.15, 0.2) is 48.5 Å². The Labute approximate surface area is 144 Å². The predicted molar refractivity (Wildman–Crippen MR) is 98.9 cm³/mol. The van der Waals surface area contributed by atoms with Crippen molar-refractivity contribution in [1.29, 1.82) is 0 Å². The molecule has 0 bridgehead atoms. The number of benzene rings is 2. The zero-order valence-corrected chi connectivity index (χ0v) is 14.7. The fraction of sp³-hybridized carbons (Fsp3) is 0.400. The predicted octanol–water partition coefficient (Wildman–Crippen LogP) is 3.55. The van der Waals surface area contributed by atoms with Crippen LogP contribution in [0.25, 0.3) is 0 Å². The highest BCUT2D eigenvalue weighted by Crippen LogP contribution is 2.31. The molecule has 2 aromatic rings. The van der Waals surface area contributed by atoms with Crippen LogP contribution in [0.4, 0.5) is 5.69 Å². The van der Waals surface area contributed by atoms with E-state index in [2.05, 4.69) is 55.9 Å². The minimum atomic E-state index is 0.0715. The van der Waals surface area contributed by atoms with E-state index in [0.717, 1.165) is 17.9 Å². The highest BCUT2D eigenvalue weighted by Gasteiger charge is 2.26. The standard InChI is InChI=1S/C20H27N3O/c1-20(2,3)17-9-4-5-10-19(17)24-13-16-12-18(23-22-16)14-7-6-8-15(21)11-14/h4-11,16,18,22-23H,12-13,21H2,1-3H3. The Hall–Kier alpha value is -2.04. The van der Waals surface area contributed by atoms with Gasteiger partial charge >= 0.3 is 0 Å². The van der Waals surface area contributed by atoms with Crippen LogP contribution in [0.3, 0.4) is 0 Å². The van der Waals surface area contributed by atoms with E-state index >= 15 is 0 Å². The molecule has 3 rings (SSSR count). The summed E-state index contributed by atoms with van der Waals surface area (Å²) in [5.74, 6) is 0.971. The van der Waals surface area contributed by atoms with E-state index in [4.69, 9.17) is 10.5 Å². The summed E-state index contributed by atoms with van der Waals surface area (Å²) in [5, 5.41) is 0. The Bertz CT molecular complexity index is 693. The molecular weight excluding hydrogens is 298 g/mol. The zero-order valence-electron chi connectivity index (χ0n) is 14.7. The molecule has 0 saturated carbocycles. The maximum atomic E-state index is 6.13. The molecule has 1 heterocycles. The topological polar surface area (TPSA) is 59.3 Å². The molecule has 2 aromatic carbocycles. The summed E-state index contributed by atoms with van der Waals surface area (Å²) in [5.41, 5.74) is 15.9. The molecule has 2 atom stereocenters. The van der Waals surface area contributed by atoms with Crippen LogP contribution in [0, 0.1) is 0 Å². The first kappa shape index (κ1) is 16.8. The third-order valence-corrected chi connectivity index (χ3v) is 4.43. The third kappa shape index (κ3) is 3.89. The highest BCUT2D eigenvalue weighted by molar-refractivity contribution is 5.42. The quantitative estimate of drug-likeness (QED) is 0.752. The van der Waals surface area contributed by atoms with Gasteiger partial charge in [0.1, 0.15) is 12.4 Å². The first-order valence-electron chi connectivity index (χ1n) is 8.52. The van der Waals surface area contributed by atoms with Gasteiger partial charge in [0.15, 0.2) is 0 Å². The Morgan fingerprint density at radius 3 is 2.62 bits per heavy atom. The first-order valence-corrected chi connectivity index (χ1v) is 8.52. The van der Waals surface area contributed by atoms with E-state index in [1.165, 1.54) is 11.1 Å². The van der Waals surface area contributed by atoms with Crippen LogP contribution in [0.1, 0.15) is 44.4 Å². The number of nitrogen functional groups attached to an aromatic ring is 1. The van der Waals surface area contributed by atoms with Crippen molar-refractivity contribution in [2.24, 2.45) is 0 Å². The highest BCUT2D eigenvalue weighted by atomic mass is 16.5. The summed E-state index contributed by atoms with van der Waals surface area (Å²) in [6.45, 7) is 7.26. The van der Waals surface area contributed by atoms with Crippen molar-refractivity contribution in [2.75, 3.05) is 12.3 Å². The molecule has 1 saturated heterocycles. The molecule has 1 fully saturated rings. The number of ether oxygens (including phenoxy) is 1. The maximum Gasteiger partial charge on any atom is 0.123 e. The molecule has 4 nitrogen and oxygen atoms in total. The first-order chi connectivity index (χ1) is 11.4. The van der Waals surface area contributed by atoms with Gasteiger partial charge in [-0.3, -0.25) is 5.43 Å². The van der Waals surface area contributed by atoms with Gasteiger partial charge in [-0.25, -0.2) is 5.43 Å². The number of anilines is 1. The molecule has 0 amide bonds. The van der Waals surface area contributed by atoms with E-state index in [-0.39, 0.29) is 17.5 Å². The number of hydrogen-bond acceptors (Lipinski definition) is 4. The van der Waals surface area contributed by atoms with Crippen molar-refractivity contribution >= 4 is 5.69 Å². The molecule has 4 heteroatoms. The maximum absolute atomic E-state index is 6.13. The minimum absolute atomic E-state index is 0.0715. The molecule has 1 aliphatic heterocycles. The largest absolute Gasteiger partial charge is 0.492 e. The van der Waals surface area contributed by atoms with Gasteiger partial charge in [0, 0.05) is 11.7 Å². The number of hydrazine groups is 1. The average molecular weight is 325 g/mol. The number of para-hydroxylation sites is 1. The van der Waals surface area contributed by atoms with E-state index in [1.54, 1.807) is 0 Å². The van der Waals surface area contributed by atoms with E-state index < -0.39 is 0 Å². The third-order valence-electron chi connectivity index (χ3n) is 4.43. The zero-order chi connectivity index (χ0) is 17.2. The van der Waals surface area contributed by atoms with E-state index in [9.17, 15) is 0 Å². The van der Waals surface area contributed by atoms with E-state index in [0.29, 0.717) is 6.61 Å². The average Bonchev–Trinajstić information content (AvgIpc) is 3.01. The summed E-state index contributed by atoms with van der Waals surface area (Å²) in [7, 11) is 0. The Morgan fingerprint density at radius 1 is 1.08 bits per heavy atom. The summed E-state index contributed by atoms with van der Waals surface area (Å²) >= 11 is 0. The van der Waals surface area contributed by atoms with Crippen LogP contribution in [-0.2, 0) is 5.41 Å². The lowest BCUT2D eigenvalue weighted by Crippen LogP contribution is -2.34. The molecule has 128 valence electrons. The van der Waals surface area contributed by atoms with Crippen LogP contribution in [0.5, 0.6) is 5.75 Å². The van der Waals surface area contributed by atoms with Crippen LogP contribution in [0.2, 0.25) is 0 Å². The molecule has 24 heavy (non-hydrogen) atoms. The molecule has 4 N–H and O–H groups in total. The molecule has 0 radical (unpaired) electrons. The van der Waals surface area contributed by atoms with Crippen molar-refractivity contribution in [3.05, 3.63) is 59.7 Å². The lowest BCUT2D eigenvalue weighted by molar-refractivity contribution is 0.267. The van der Waals surface area contributed by atoms with Gasteiger partial charge in [0.25, 0.3) is 0 Å². The second-order valence-electron chi connectivity index (χ2n) is 7.50. The van der Waals surface area contributed by atoms with Gasteiger partial charge < -0.3 is 10.5 Å². The molecule has 2 unspecified atom stereocenters. The van der Waals surface area contributed by atoms with Crippen molar-refractivity contribution in [1.82, 2.24) is 10.9 Å². The molecule has 0 aromatic heterocycles. The monoisotopic (exact) mass is 325 g/mol. The Balaban J connectivity index is 1.61. The number of nitrogens with one attached hydrogen (secondary N) is 2. The van der Waals surface area contributed by atoms with Crippen molar-refractivity contribution in [3.63, 3.8) is 0 Å². The summed E-state index contributed by atoms with van der Waals surface area (Å²) in [6, 6.07) is 16.9. The van der Waals surface area contributed by atoms with Crippen LogP contribution in [-0.4, -0.2) is 12.6 Å². The van der Waals surface area contributed by atoms with Crippen LogP contribution < -0.4 is 21.3 Å². The smallest absolute Gasteiger partial charge is 0.123 e. The van der Waals surface area contributed by atoms with Gasteiger partial charge in [-0.2, -0.15) is 0 Å². The second-order valence-corrected chi connectivity index (χ2v) is 7.50.